The van der Waals surface area contributed by atoms with E-state index in [-0.39, 0.29) is 22.3 Å². The van der Waals surface area contributed by atoms with E-state index >= 15 is 0 Å². The summed E-state index contributed by atoms with van der Waals surface area (Å²) in [5.41, 5.74) is 3.08. The molecular formula is C26H35N3O5. The minimum atomic E-state index is -0.968. The number of amides is 1. The summed E-state index contributed by atoms with van der Waals surface area (Å²) in [6.07, 6.45) is 3.77. The number of benzene rings is 1. The van der Waals surface area contributed by atoms with E-state index in [0.717, 1.165) is 30.7 Å². The van der Waals surface area contributed by atoms with E-state index in [9.17, 15) is 14.7 Å². The van der Waals surface area contributed by atoms with Crippen molar-refractivity contribution in [2.75, 3.05) is 26.9 Å². The Morgan fingerprint density at radius 3 is 2.71 bits per heavy atom. The van der Waals surface area contributed by atoms with E-state index in [1.54, 1.807) is 25.3 Å². The molecule has 1 aromatic heterocycles. The second-order valence-electron chi connectivity index (χ2n) is 10.4. The Labute approximate surface area is 200 Å². The summed E-state index contributed by atoms with van der Waals surface area (Å²) in [5.74, 6) is -0.441. The summed E-state index contributed by atoms with van der Waals surface area (Å²) in [4.78, 5) is 25.0. The first-order chi connectivity index (χ1) is 16.2. The Balaban J connectivity index is 1.70. The van der Waals surface area contributed by atoms with Crippen molar-refractivity contribution < 1.29 is 24.2 Å². The number of carboxylic acid groups (broad SMARTS) is 1. The fourth-order valence-corrected chi connectivity index (χ4v) is 5.38. The van der Waals surface area contributed by atoms with Gasteiger partial charge in [0.15, 0.2) is 0 Å². The number of rotatable bonds is 7. The molecule has 34 heavy (non-hydrogen) atoms. The van der Waals surface area contributed by atoms with E-state index in [2.05, 4.69) is 19.2 Å². The zero-order chi connectivity index (χ0) is 24.5. The third-order valence-corrected chi connectivity index (χ3v) is 7.23. The Hall–Kier alpha value is -2.87. The Morgan fingerprint density at radius 2 is 2.06 bits per heavy atom. The monoisotopic (exact) mass is 469 g/mol. The first kappa shape index (κ1) is 24.3. The number of aromatic nitrogens is 2. The molecule has 184 valence electrons. The van der Waals surface area contributed by atoms with Crippen molar-refractivity contribution in [2.24, 2.45) is 10.8 Å². The molecule has 1 saturated heterocycles. The topological polar surface area (TPSA) is 103 Å². The van der Waals surface area contributed by atoms with Crippen molar-refractivity contribution in [2.45, 2.75) is 59.4 Å². The number of hydrogen-bond donors (Lipinski definition) is 2. The van der Waals surface area contributed by atoms with Gasteiger partial charge in [0.2, 0.25) is 0 Å². The highest BCUT2D eigenvalue weighted by molar-refractivity contribution is 5.97. The molecular weight excluding hydrogens is 434 g/mol. The number of aryl methyl sites for hydroxylation is 1. The summed E-state index contributed by atoms with van der Waals surface area (Å²) in [7, 11) is 1.56. The Kier molecular flexibility index (Phi) is 6.71. The van der Waals surface area contributed by atoms with Crippen LogP contribution in [0.2, 0.25) is 0 Å². The molecule has 1 amide bonds. The van der Waals surface area contributed by atoms with Crippen molar-refractivity contribution in [3.05, 3.63) is 46.3 Å². The van der Waals surface area contributed by atoms with Crippen LogP contribution in [0.1, 0.15) is 71.3 Å². The predicted octanol–water partition coefficient (Wildman–Crippen LogP) is 3.50. The highest BCUT2D eigenvalue weighted by atomic mass is 16.5. The van der Waals surface area contributed by atoms with Crippen LogP contribution in [0.5, 0.6) is 5.75 Å². The van der Waals surface area contributed by atoms with Gasteiger partial charge in [-0.15, -0.1) is 0 Å². The highest BCUT2D eigenvalue weighted by Gasteiger charge is 2.40. The molecule has 1 spiro atoms. The molecule has 0 unspecified atom stereocenters. The SMILES string of the molecule is CCc1nn(CC(C)(C)Cc2c(OC)cccc2C(=O)O)c2c1C(=O)NCC1(CCOCC1)C2. The number of aromatic carboxylic acids is 1. The lowest BCUT2D eigenvalue weighted by atomic mass is 9.76. The lowest BCUT2D eigenvalue weighted by Gasteiger charge is -2.36. The number of carboxylic acids is 1. The van der Waals surface area contributed by atoms with Crippen LogP contribution in [0.4, 0.5) is 0 Å². The molecule has 0 aliphatic carbocycles. The molecule has 0 radical (unpaired) electrons. The van der Waals surface area contributed by atoms with Gasteiger partial charge in [-0.1, -0.05) is 26.8 Å². The number of hydrogen-bond acceptors (Lipinski definition) is 5. The molecule has 1 aromatic carbocycles. The van der Waals surface area contributed by atoms with Gasteiger partial charge in [-0.2, -0.15) is 5.10 Å². The lowest BCUT2D eigenvalue weighted by molar-refractivity contribution is 0.0150. The van der Waals surface area contributed by atoms with Crippen LogP contribution in [0, 0.1) is 10.8 Å². The lowest BCUT2D eigenvalue weighted by Crippen LogP contribution is -2.41. The van der Waals surface area contributed by atoms with Crippen LogP contribution in [0.25, 0.3) is 0 Å². The van der Waals surface area contributed by atoms with Crippen LogP contribution in [-0.4, -0.2) is 53.6 Å². The molecule has 8 heteroatoms. The molecule has 2 aliphatic heterocycles. The maximum absolute atomic E-state index is 13.1. The molecule has 0 bridgehead atoms. The van der Waals surface area contributed by atoms with E-state index in [0.29, 0.717) is 56.0 Å². The molecule has 2 aromatic rings. The van der Waals surface area contributed by atoms with Crippen LogP contribution in [0.3, 0.4) is 0 Å². The van der Waals surface area contributed by atoms with Crippen molar-refractivity contribution in [1.82, 2.24) is 15.1 Å². The van der Waals surface area contributed by atoms with Gasteiger partial charge in [-0.05, 0) is 55.1 Å². The first-order valence-corrected chi connectivity index (χ1v) is 12.0. The summed E-state index contributed by atoms with van der Waals surface area (Å²) in [6.45, 7) is 8.85. The van der Waals surface area contributed by atoms with Gasteiger partial charge in [-0.25, -0.2) is 4.79 Å². The van der Waals surface area contributed by atoms with Crippen LogP contribution in [-0.2, 0) is 30.5 Å². The number of ether oxygens (including phenoxy) is 2. The predicted molar refractivity (Wildman–Crippen MR) is 128 cm³/mol. The fraction of sp³-hybridized carbons (Fsp3) is 0.577. The first-order valence-electron chi connectivity index (χ1n) is 12.0. The second-order valence-corrected chi connectivity index (χ2v) is 10.4. The van der Waals surface area contributed by atoms with Crippen molar-refractivity contribution in [1.29, 1.82) is 0 Å². The zero-order valence-electron chi connectivity index (χ0n) is 20.6. The number of carbonyl (C=O) groups is 2. The summed E-state index contributed by atoms with van der Waals surface area (Å²) < 4.78 is 13.1. The quantitative estimate of drug-likeness (QED) is 0.643. The van der Waals surface area contributed by atoms with E-state index in [1.165, 1.54) is 0 Å². The van der Waals surface area contributed by atoms with E-state index in [4.69, 9.17) is 14.6 Å². The van der Waals surface area contributed by atoms with E-state index in [1.807, 2.05) is 11.6 Å². The van der Waals surface area contributed by atoms with Crippen molar-refractivity contribution in [3.63, 3.8) is 0 Å². The van der Waals surface area contributed by atoms with Gasteiger partial charge in [0.05, 0.1) is 29.6 Å². The number of methoxy groups -OCH3 is 1. The molecule has 3 heterocycles. The third-order valence-electron chi connectivity index (χ3n) is 7.23. The van der Waals surface area contributed by atoms with E-state index < -0.39 is 5.97 Å². The van der Waals surface area contributed by atoms with Gasteiger partial charge >= 0.3 is 5.97 Å². The minimum absolute atomic E-state index is 0.0226. The van der Waals surface area contributed by atoms with Gasteiger partial charge in [0, 0.05) is 31.9 Å². The van der Waals surface area contributed by atoms with Gasteiger partial charge in [0.1, 0.15) is 5.75 Å². The number of nitrogens with one attached hydrogen (secondary N) is 1. The van der Waals surface area contributed by atoms with Crippen LogP contribution < -0.4 is 10.1 Å². The zero-order valence-corrected chi connectivity index (χ0v) is 20.6. The summed E-state index contributed by atoms with van der Waals surface area (Å²) in [5, 5.41) is 17.8. The maximum Gasteiger partial charge on any atom is 0.336 e. The van der Waals surface area contributed by atoms with Crippen molar-refractivity contribution >= 4 is 11.9 Å². The summed E-state index contributed by atoms with van der Waals surface area (Å²) in [6, 6.07) is 5.11. The van der Waals surface area contributed by atoms with Crippen molar-refractivity contribution in [3.8, 4) is 5.75 Å². The molecule has 2 N–H and O–H groups in total. The normalized spacial score (nSPS) is 17.7. The third kappa shape index (κ3) is 4.69. The van der Waals surface area contributed by atoms with Crippen LogP contribution >= 0.6 is 0 Å². The molecule has 0 atom stereocenters. The number of nitrogens with zero attached hydrogens (tertiary/aromatic N) is 2. The highest BCUT2D eigenvalue weighted by Crippen LogP contribution is 2.39. The average Bonchev–Trinajstić information content (AvgIpc) is 3.06. The van der Waals surface area contributed by atoms with Crippen LogP contribution in [0.15, 0.2) is 18.2 Å². The Morgan fingerprint density at radius 1 is 1.32 bits per heavy atom. The average molecular weight is 470 g/mol. The molecule has 1 fully saturated rings. The Bertz CT molecular complexity index is 1080. The summed E-state index contributed by atoms with van der Waals surface area (Å²) >= 11 is 0. The molecule has 0 saturated carbocycles. The van der Waals surface area contributed by atoms with Gasteiger partial charge in [0.25, 0.3) is 5.91 Å². The fourth-order valence-electron chi connectivity index (χ4n) is 5.38. The number of fused-ring (bicyclic) bond motifs is 1. The van der Waals surface area contributed by atoms with Gasteiger partial charge in [-0.3, -0.25) is 9.48 Å². The standard InChI is InChI=1S/C26H35N3O5/c1-5-19-22-20(14-26(15-27-23(22)30)9-11-34-12-10-26)29(28-19)16-25(2,3)13-18-17(24(31)32)7-6-8-21(18)33-4/h6-8H,5,9-16H2,1-4H3,(H,27,30)(H,31,32). The molecule has 2 aliphatic rings. The molecule has 4 rings (SSSR count). The maximum atomic E-state index is 13.1. The minimum Gasteiger partial charge on any atom is -0.496 e. The smallest absolute Gasteiger partial charge is 0.336 e. The number of carbonyl (C=O) groups excluding carboxylic acids is 1. The molecule has 8 nitrogen and oxygen atoms in total. The second kappa shape index (κ2) is 9.41. The van der Waals surface area contributed by atoms with Gasteiger partial charge < -0.3 is 19.9 Å². The largest absolute Gasteiger partial charge is 0.496 e.